The van der Waals surface area contributed by atoms with Crippen LogP contribution in [0.2, 0.25) is 0 Å². The van der Waals surface area contributed by atoms with Crippen molar-refractivity contribution in [1.29, 1.82) is 0 Å². The summed E-state index contributed by atoms with van der Waals surface area (Å²) in [5.74, 6) is 2.26. The molecule has 0 radical (unpaired) electrons. The molecule has 0 spiro atoms. The topological polar surface area (TPSA) is 81.5 Å². The molecule has 1 aliphatic heterocycles. The molecular weight excluding hydrogens is 334 g/mol. The van der Waals surface area contributed by atoms with Gasteiger partial charge in [0.2, 0.25) is 0 Å². The van der Waals surface area contributed by atoms with Crippen LogP contribution < -0.4 is 14.8 Å². The average Bonchev–Trinajstić information content (AvgIpc) is 3.08. The molecule has 1 N–H and O–H groups in total. The van der Waals surface area contributed by atoms with Gasteiger partial charge in [0.25, 0.3) is 0 Å². The molecule has 140 valence electrons. The highest BCUT2D eigenvalue weighted by atomic mass is 16.5. The fourth-order valence-electron chi connectivity index (χ4n) is 3.05. The summed E-state index contributed by atoms with van der Waals surface area (Å²) in [6, 6.07) is 5.55. The number of benzene rings is 1. The average molecular weight is 359 g/mol. The second-order valence-corrected chi connectivity index (χ2v) is 6.41. The standard InChI is InChI=1S/C18H25N5O3/c1-4-8-23-12-19-21-16(23)10-22(2)18(24)20-14-9-13-6-5-7-15(25-3)17(13)26-11-14/h5-7,12,14H,4,8-11H2,1-3H3,(H,20,24). The number of rotatable bonds is 6. The summed E-state index contributed by atoms with van der Waals surface area (Å²) >= 11 is 0. The van der Waals surface area contributed by atoms with Crippen molar-refractivity contribution in [3.05, 3.63) is 35.9 Å². The van der Waals surface area contributed by atoms with E-state index in [1.165, 1.54) is 0 Å². The minimum Gasteiger partial charge on any atom is -0.493 e. The van der Waals surface area contributed by atoms with E-state index in [9.17, 15) is 4.79 Å². The van der Waals surface area contributed by atoms with E-state index in [0.29, 0.717) is 19.6 Å². The Morgan fingerprint density at radius 3 is 3.12 bits per heavy atom. The van der Waals surface area contributed by atoms with Crippen molar-refractivity contribution in [3.63, 3.8) is 0 Å². The Morgan fingerprint density at radius 1 is 1.50 bits per heavy atom. The second kappa shape index (κ2) is 8.07. The number of hydrogen-bond acceptors (Lipinski definition) is 5. The molecule has 26 heavy (non-hydrogen) atoms. The summed E-state index contributed by atoms with van der Waals surface area (Å²) in [6.45, 7) is 3.76. The summed E-state index contributed by atoms with van der Waals surface area (Å²) in [5, 5.41) is 11.1. The number of aryl methyl sites for hydroxylation is 1. The first-order chi connectivity index (χ1) is 12.6. The first kappa shape index (κ1) is 18.0. The van der Waals surface area contributed by atoms with E-state index in [4.69, 9.17) is 9.47 Å². The predicted molar refractivity (Wildman–Crippen MR) is 96.3 cm³/mol. The minimum absolute atomic E-state index is 0.0851. The van der Waals surface area contributed by atoms with Crippen LogP contribution in [0.5, 0.6) is 11.5 Å². The molecule has 2 amide bonds. The number of nitrogens with one attached hydrogen (secondary N) is 1. The maximum absolute atomic E-state index is 12.5. The largest absolute Gasteiger partial charge is 0.493 e. The molecule has 8 nitrogen and oxygen atoms in total. The number of carbonyl (C=O) groups is 1. The van der Waals surface area contributed by atoms with Gasteiger partial charge < -0.3 is 24.3 Å². The van der Waals surface area contributed by atoms with Crippen LogP contribution in [-0.4, -0.2) is 52.5 Å². The van der Waals surface area contributed by atoms with Crippen LogP contribution in [-0.2, 0) is 19.5 Å². The van der Waals surface area contributed by atoms with Gasteiger partial charge in [0, 0.05) is 19.2 Å². The lowest BCUT2D eigenvalue weighted by molar-refractivity contribution is 0.184. The number of carbonyl (C=O) groups excluding carboxylic acids is 1. The van der Waals surface area contributed by atoms with Crippen LogP contribution in [0.25, 0.3) is 0 Å². The van der Waals surface area contributed by atoms with E-state index in [1.807, 2.05) is 22.8 Å². The van der Waals surface area contributed by atoms with E-state index < -0.39 is 0 Å². The lowest BCUT2D eigenvalue weighted by Crippen LogP contribution is -2.47. The lowest BCUT2D eigenvalue weighted by atomic mass is 10.0. The molecule has 1 aromatic heterocycles. The van der Waals surface area contributed by atoms with Gasteiger partial charge in [-0.05, 0) is 18.9 Å². The van der Waals surface area contributed by atoms with Crippen LogP contribution in [0.3, 0.4) is 0 Å². The molecule has 0 aliphatic carbocycles. The van der Waals surface area contributed by atoms with Crippen molar-refractivity contribution in [3.8, 4) is 11.5 Å². The van der Waals surface area contributed by atoms with Crippen molar-refractivity contribution in [2.45, 2.75) is 38.9 Å². The number of fused-ring (bicyclic) bond motifs is 1. The van der Waals surface area contributed by atoms with Crippen molar-refractivity contribution >= 4 is 6.03 Å². The molecule has 3 rings (SSSR count). The van der Waals surface area contributed by atoms with Crippen molar-refractivity contribution < 1.29 is 14.3 Å². The van der Waals surface area contributed by atoms with Crippen molar-refractivity contribution in [1.82, 2.24) is 25.0 Å². The number of methoxy groups -OCH3 is 1. The smallest absolute Gasteiger partial charge is 0.317 e. The Bertz CT molecular complexity index is 761. The van der Waals surface area contributed by atoms with Gasteiger partial charge in [0.1, 0.15) is 12.9 Å². The van der Waals surface area contributed by atoms with Crippen LogP contribution in [0.1, 0.15) is 24.7 Å². The number of aromatic nitrogens is 3. The zero-order chi connectivity index (χ0) is 18.5. The molecule has 0 bridgehead atoms. The summed E-state index contributed by atoms with van der Waals surface area (Å²) < 4.78 is 13.1. The Kier molecular flexibility index (Phi) is 5.60. The third-order valence-electron chi connectivity index (χ3n) is 4.39. The normalized spacial score (nSPS) is 15.7. The van der Waals surface area contributed by atoms with Gasteiger partial charge in [-0.3, -0.25) is 0 Å². The monoisotopic (exact) mass is 359 g/mol. The molecule has 0 fully saturated rings. The van der Waals surface area contributed by atoms with Gasteiger partial charge in [0.15, 0.2) is 17.3 Å². The Morgan fingerprint density at radius 2 is 2.35 bits per heavy atom. The molecule has 0 saturated carbocycles. The van der Waals surface area contributed by atoms with E-state index in [-0.39, 0.29) is 12.1 Å². The molecule has 2 aromatic rings. The van der Waals surface area contributed by atoms with Gasteiger partial charge in [-0.1, -0.05) is 19.1 Å². The Balaban J connectivity index is 1.58. The quantitative estimate of drug-likeness (QED) is 0.851. The fraction of sp³-hybridized carbons (Fsp3) is 0.500. The zero-order valence-corrected chi connectivity index (χ0v) is 15.4. The van der Waals surface area contributed by atoms with Gasteiger partial charge in [-0.25, -0.2) is 4.79 Å². The number of urea groups is 1. The fourth-order valence-corrected chi connectivity index (χ4v) is 3.05. The predicted octanol–water partition coefficient (Wildman–Crippen LogP) is 1.84. The van der Waals surface area contributed by atoms with E-state index in [0.717, 1.165) is 35.9 Å². The molecule has 1 atom stereocenters. The van der Waals surface area contributed by atoms with Crippen LogP contribution in [0.4, 0.5) is 4.79 Å². The first-order valence-corrected chi connectivity index (χ1v) is 8.79. The van der Waals surface area contributed by atoms with Gasteiger partial charge in [0.05, 0.1) is 19.7 Å². The van der Waals surface area contributed by atoms with E-state index in [1.54, 1.807) is 25.4 Å². The number of ether oxygens (including phenoxy) is 2. The highest BCUT2D eigenvalue weighted by Crippen LogP contribution is 2.34. The SMILES string of the molecule is CCCn1cnnc1CN(C)C(=O)NC1COc2c(cccc2OC)C1. The third kappa shape index (κ3) is 3.89. The van der Waals surface area contributed by atoms with Crippen LogP contribution >= 0.6 is 0 Å². The number of amides is 2. The maximum atomic E-state index is 12.5. The van der Waals surface area contributed by atoms with Crippen molar-refractivity contribution in [2.24, 2.45) is 0 Å². The second-order valence-electron chi connectivity index (χ2n) is 6.41. The van der Waals surface area contributed by atoms with Gasteiger partial charge in [-0.15, -0.1) is 10.2 Å². The summed E-state index contributed by atoms with van der Waals surface area (Å²) in [5.41, 5.74) is 1.03. The molecule has 1 aromatic carbocycles. The molecule has 1 aliphatic rings. The molecular formula is C18H25N5O3. The van der Waals surface area contributed by atoms with Gasteiger partial charge in [-0.2, -0.15) is 0 Å². The number of hydrogen-bond donors (Lipinski definition) is 1. The Hall–Kier alpha value is -2.77. The highest BCUT2D eigenvalue weighted by Gasteiger charge is 2.25. The Labute approximate surface area is 153 Å². The van der Waals surface area contributed by atoms with Crippen LogP contribution in [0.15, 0.2) is 24.5 Å². The van der Waals surface area contributed by atoms with Crippen LogP contribution in [0, 0.1) is 0 Å². The highest BCUT2D eigenvalue weighted by molar-refractivity contribution is 5.74. The summed E-state index contributed by atoms with van der Waals surface area (Å²) in [6.07, 6.45) is 3.39. The zero-order valence-electron chi connectivity index (χ0n) is 15.4. The number of para-hydroxylation sites is 1. The molecule has 1 unspecified atom stereocenters. The minimum atomic E-state index is -0.156. The molecule has 8 heteroatoms. The molecule has 2 heterocycles. The summed E-state index contributed by atoms with van der Waals surface area (Å²) in [4.78, 5) is 14.1. The van der Waals surface area contributed by atoms with Gasteiger partial charge >= 0.3 is 6.03 Å². The summed E-state index contributed by atoms with van der Waals surface area (Å²) in [7, 11) is 3.38. The number of nitrogens with zero attached hydrogens (tertiary/aromatic N) is 4. The lowest BCUT2D eigenvalue weighted by Gasteiger charge is -2.28. The van der Waals surface area contributed by atoms with E-state index in [2.05, 4.69) is 22.4 Å². The first-order valence-electron chi connectivity index (χ1n) is 8.79. The van der Waals surface area contributed by atoms with E-state index >= 15 is 0 Å². The molecule has 0 saturated heterocycles. The van der Waals surface area contributed by atoms with Crippen molar-refractivity contribution in [2.75, 3.05) is 20.8 Å². The maximum Gasteiger partial charge on any atom is 0.317 e. The third-order valence-corrected chi connectivity index (χ3v) is 4.39.